The maximum Gasteiger partial charge on any atom is 0.255 e. The molecule has 3 atom stereocenters. The fourth-order valence-electron chi connectivity index (χ4n) is 7.50. The molecular formula is C30H39N3O7. The van der Waals surface area contributed by atoms with Crippen molar-refractivity contribution in [3.05, 3.63) is 45.4 Å². The second-order valence-electron chi connectivity index (χ2n) is 12.1. The molecule has 1 heterocycles. The van der Waals surface area contributed by atoms with Gasteiger partial charge in [0.2, 0.25) is 5.78 Å². The van der Waals surface area contributed by atoms with E-state index in [-0.39, 0.29) is 29.7 Å². The average molecular weight is 554 g/mol. The van der Waals surface area contributed by atoms with E-state index in [0.29, 0.717) is 18.5 Å². The zero-order chi connectivity index (χ0) is 29.1. The van der Waals surface area contributed by atoms with Gasteiger partial charge < -0.3 is 31.1 Å². The minimum atomic E-state index is -2.56. The van der Waals surface area contributed by atoms with E-state index in [9.17, 15) is 34.8 Å². The highest BCUT2D eigenvalue weighted by atomic mass is 16.3. The van der Waals surface area contributed by atoms with Crippen molar-refractivity contribution in [1.82, 2.24) is 4.90 Å². The van der Waals surface area contributed by atoms with Crippen molar-refractivity contribution in [3.63, 3.8) is 0 Å². The third-order valence-electron chi connectivity index (χ3n) is 9.36. The molecule has 3 aliphatic carbocycles. The van der Waals surface area contributed by atoms with Gasteiger partial charge >= 0.3 is 0 Å². The number of carbonyl (C=O) groups is 3. The van der Waals surface area contributed by atoms with Crippen LogP contribution in [0.4, 0.5) is 5.69 Å². The van der Waals surface area contributed by atoms with Crippen LogP contribution < -0.4 is 10.6 Å². The first-order chi connectivity index (χ1) is 18.9. The van der Waals surface area contributed by atoms with Crippen LogP contribution in [-0.2, 0) is 22.6 Å². The summed E-state index contributed by atoms with van der Waals surface area (Å²) in [6, 6.07) is 1.61. The smallest absolute Gasteiger partial charge is 0.255 e. The molecule has 1 saturated heterocycles. The van der Waals surface area contributed by atoms with E-state index >= 15 is 0 Å². The van der Waals surface area contributed by atoms with Crippen molar-refractivity contribution >= 4 is 23.2 Å². The Morgan fingerprint density at radius 2 is 1.82 bits per heavy atom. The lowest BCUT2D eigenvalue weighted by atomic mass is 9.60. The number of anilines is 1. The number of ketones is 2. The first-order valence-corrected chi connectivity index (χ1v) is 14.1. The Bertz CT molecular complexity index is 1340. The van der Waals surface area contributed by atoms with Gasteiger partial charge in [-0.2, -0.15) is 0 Å². The standard InChI is InChI=1S/C30H39N3O7/c1-4-5-15-6-8-33(9-7-15)14-17-12-20(34)23-19(25(17)32(2)3)11-16-10-18-13-21(35)24(29(31)39)28(38)30(18,40)27(37)22(16)26(23)36/h12,15-16,18,34-35,37,40H,4-11,13-14H2,1-3H3,(H2,31,39)/t16?,18-,30-/m0/s1. The van der Waals surface area contributed by atoms with Crippen LogP contribution in [0.1, 0.15) is 66.9 Å². The van der Waals surface area contributed by atoms with Crippen molar-refractivity contribution in [1.29, 1.82) is 0 Å². The highest BCUT2D eigenvalue weighted by Gasteiger charge is 2.59. The van der Waals surface area contributed by atoms with Gasteiger partial charge in [-0.3, -0.25) is 19.3 Å². The monoisotopic (exact) mass is 553 g/mol. The van der Waals surface area contributed by atoms with Crippen molar-refractivity contribution < 1.29 is 34.8 Å². The quantitative estimate of drug-likeness (QED) is 0.333. The minimum Gasteiger partial charge on any atom is -0.511 e. The number of phenolic OH excluding ortho intramolecular Hbond substituents is 1. The number of likely N-dealkylation sites (tertiary alicyclic amines) is 1. The Balaban J connectivity index is 1.54. The Kier molecular flexibility index (Phi) is 7.20. The number of benzene rings is 1. The molecule has 10 heteroatoms. The number of hydrogen-bond donors (Lipinski definition) is 5. The summed E-state index contributed by atoms with van der Waals surface area (Å²) in [6.45, 7) is 4.78. The molecule has 0 spiro atoms. The summed E-state index contributed by atoms with van der Waals surface area (Å²) in [5.74, 6) is -5.42. The summed E-state index contributed by atoms with van der Waals surface area (Å²) >= 11 is 0. The largest absolute Gasteiger partial charge is 0.511 e. The molecule has 0 radical (unpaired) electrons. The summed E-state index contributed by atoms with van der Waals surface area (Å²) in [5.41, 5.74) is 4.26. The fraction of sp³-hybridized carbons (Fsp3) is 0.567. The van der Waals surface area contributed by atoms with Crippen molar-refractivity contribution in [2.75, 3.05) is 32.1 Å². The molecule has 4 aliphatic rings. The first-order valence-electron chi connectivity index (χ1n) is 14.1. The van der Waals surface area contributed by atoms with Gasteiger partial charge in [0.1, 0.15) is 22.8 Å². The number of nitrogens with zero attached hydrogens (tertiary/aromatic N) is 2. The summed E-state index contributed by atoms with van der Waals surface area (Å²) in [4.78, 5) is 43.2. The van der Waals surface area contributed by atoms with Crippen molar-refractivity contribution in [2.24, 2.45) is 23.5 Å². The van der Waals surface area contributed by atoms with Gasteiger partial charge in [-0.25, -0.2) is 0 Å². The van der Waals surface area contributed by atoms with Gasteiger partial charge in [-0.15, -0.1) is 0 Å². The molecular weight excluding hydrogens is 514 g/mol. The van der Waals surface area contributed by atoms with Crippen LogP contribution in [0.15, 0.2) is 28.7 Å². The summed E-state index contributed by atoms with van der Waals surface area (Å²) in [7, 11) is 3.79. The number of phenols is 1. The molecule has 40 heavy (non-hydrogen) atoms. The van der Waals surface area contributed by atoms with Crippen LogP contribution in [0.25, 0.3) is 0 Å². The third kappa shape index (κ3) is 4.28. The number of aromatic hydroxyl groups is 1. The number of hydrogen-bond acceptors (Lipinski definition) is 9. The molecule has 1 aliphatic heterocycles. The second kappa shape index (κ2) is 10.2. The van der Waals surface area contributed by atoms with Crippen LogP contribution in [0, 0.1) is 17.8 Å². The molecule has 0 aromatic heterocycles. The van der Waals surface area contributed by atoms with Crippen LogP contribution in [0.5, 0.6) is 5.75 Å². The minimum absolute atomic E-state index is 0.0470. The van der Waals surface area contributed by atoms with Crippen molar-refractivity contribution in [2.45, 2.75) is 64.0 Å². The first kappa shape index (κ1) is 28.2. The topological polar surface area (TPSA) is 165 Å². The van der Waals surface area contributed by atoms with Crippen molar-refractivity contribution in [3.8, 4) is 5.75 Å². The second-order valence-corrected chi connectivity index (χ2v) is 12.1. The van der Waals surface area contributed by atoms with Crippen LogP contribution in [-0.4, -0.2) is 75.6 Å². The molecule has 1 aromatic carbocycles. The van der Waals surface area contributed by atoms with Gasteiger partial charge in [-0.1, -0.05) is 19.8 Å². The number of primary amides is 1. The Labute approximate surface area is 233 Å². The fourth-order valence-corrected chi connectivity index (χ4v) is 7.50. The van der Waals surface area contributed by atoms with Crippen LogP contribution >= 0.6 is 0 Å². The number of amides is 1. The van der Waals surface area contributed by atoms with Gasteiger partial charge in [0.15, 0.2) is 11.4 Å². The number of rotatable bonds is 6. The van der Waals surface area contributed by atoms with E-state index in [4.69, 9.17) is 5.73 Å². The highest BCUT2D eigenvalue weighted by molar-refractivity contribution is 6.24. The molecule has 1 fully saturated rings. The van der Waals surface area contributed by atoms with Crippen LogP contribution in [0.3, 0.4) is 0 Å². The molecule has 216 valence electrons. The Morgan fingerprint density at radius 1 is 1.15 bits per heavy atom. The van der Waals surface area contributed by atoms with E-state index < -0.39 is 52.0 Å². The van der Waals surface area contributed by atoms with E-state index in [2.05, 4.69) is 11.8 Å². The maximum absolute atomic E-state index is 13.9. The Hall–Kier alpha value is -3.37. The molecule has 10 nitrogen and oxygen atoms in total. The van der Waals surface area contributed by atoms with Gasteiger partial charge in [0, 0.05) is 44.2 Å². The Morgan fingerprint density at radius 3 is 2.42 bits per heavy atom. The average Bonchev–Trinajstić information content (AvgIpc) is 2.87. The molecule has 1 aromatic rings. The third-order valence-corrected chi connectivity index (χ3v) is 9.36. The van der Waals surface area contributed by atoms with E-state index in [1.807, 2.05) is 19.0 Å². The summed E-state index contributed by atoms with van der Waals surface area (Å²) < 4.78 is 0. The molecule has 1 amide bonds. The van der Waals surface area contributed by atoms with Gasteiger partial charge in [-0.05, 0) is 67.8 Å². The molecule has 0 saturated carbocycles. The number of carbonyl (C=O) groups excluding carboxylic acids is 3. The number of Topliss-reactive ketones (excluding diaryl/α,β-unsaturated/α-hetero) is 2. The zero-order valence-corrected chi connectivity index (χ0v) is 23.4. The van der Waals surface area contributed by atoms with Crippen LogP contribution in [0.2, 0.25) is 0 Å². The lowest BCUT2D eigenvalue weighted by molar-refractivity contribution is -0.144. The van der Waals surface area contributed by atoms with Gasteiger partial charge in [0.05, 0.1) is 5.56 Å². The normalized spacial score (nSPS) is 27.4. The van der Waals surface area contributed by atoms with E-state index in [1.54, 1.807) is 6.07 Å². The number of allylic oxidation sites excluding steroid dienone is 2. The lowest BCUT2D eigenvalue weighted by Crippen LogP contribution is -2.57. The number of fused-ring (bicyclic) bond motifs is 3. The summed E-state index contributed by atoms with van der Waals surface area (Å²) in [6.07, 6.45) is 4.87. The number of aliphatic hydroxyl groups excluding tert-OH is 2. The molecule has 1 unspecified atom stereocenters. The maximum atomic E-state index is 13.9. The molecule has 0 bridgehead atoms. The van der Waals surface area contributed by atoms with E-state index in [0.717, 1.165) is 43.1 Å². The van der Waals surface area contributed by atoms with E-state index in [1.165, 1.54) is 12.8 Å². The molecule has 6 N–H and O–H groups in total. The zero-order valence-electron chi connectivity index (χ0n) is 23.4. The predicted molar refractivity (Wildman–Crippen MR) is 148 cm³/mol. The highest BCUT2D eigenvalue weighted by Crippen LogP contribution is 2.52. The van der Waals surface area contributed by atoms with Gasteiger partial charge in [0.25, 0.3) is 5.91 Å². The lowest BCUT2D eigenvalue weighted by Gasteiger charge is -2.46. The number of nitrogens with two attached hydrogens (primary N) is 1. The predicted octanol–water partition coefficient (Wildman–Crippen LogP) is 2.66. The number of piperidine rings is 1. The number of aliphatic hydroxyl groups is 3. The molecule has 5 rings (SSSR count). The SMILES string of the molecule is CCCC1CCN(Cc2cc(O)c3c(c2N(C)C)CC2C[C@H]4CC(O)=C(C(N)=O)C(=O)[C@@]4(O)C(O)=C2C3=O)CC1. The summed E-state index contributed by atoms with van der Waals surface area (Å²) in [5, 5.41) is 44.2.